The molecule has 2 aromatic carbocycles. The lowest BCUT2D eigenvalue weighted by molar-refractivity contribution is -0.114. The van der Waals surface area contributed by atoms with E-state index in [1.807, 2.05) is 12.1 Å². The Balaban J connectivity index is 1.61. The molecule has 6 nitrogen and oxygen atoms in total. The number of rotatable bonds is 5. The number of hydrogen-bond donors (Lipinski definition) is 3. The molecule has 0 saturated carbocycles. The van der Waals surface area contributed by atoms with Crippen LogP contribution in [-0.4, -0.2) is 16.8 Å². The van der Waals surface area contributed by atoms with E-state index in [4.69, 9.17) is 0 Å². The standard InChI is InChI=1S/C20H17FN4O2/c1-13(26)23-16-5-7-17(8-6-16)24-19-10-9-18(12-22-19)25-20(27)14-3-2-4-15(21)11-14/h2-12H,1H3,(H,22,24)(H,23,26)(H,25,27). The number of nitrogens with zero attached hydrogens (tertiary/aromatic N) is 1. The second kappa shape index (κ2) is 8.09. The number of aromatic nitrogens is 1. The SMILES string of the molecule is CC(=O)Nc1ccc(Nc2ccc(NC(=O)c3cccc(F)c3)cn2)cc1. The van der Waals surface area contributed by atoms with Crippen LogP contribution >= 0.6 is 0 Å². The third kappa shape index (κ3) is 5.12. The van der Waals surface area contributed by atoms with Gasteiger partial charge in [-0.25, -0.2) is 9.37 Å². The van der Waals surface area contributed by atoms with E-state index >= 15 is 0 Å². The highest BCUT2D eigenvalue weighted by atomic mass is 19.1. The number of hydrogen-bond acceptors (Lipinski definition) is 4. The fourth-order valence-corrected chi connectivity index (χ4v) is 2.36. The Bertz CT molecular complexity index is 956. The van der Waals surface area contributed by atoms with Gasteiger partial charge in [0.1, 0.15) is 11.6 Å². The summed E-state index contributed by atoms with van der Waals surface area (Å²) < 4.78 is 13.2. The number of carbonyl (C=O) groups is 2. The van der Waals surface area contributed by atoms with Crippen LogP contribution < -0.4 is 16.0 Å². The van der Waals surface area contributed by atoms with E-state index in [9.17, 15) is 14.0 Å². The number of benzene rings is 2. The van der Waals surface area contributed by atoms with Gasteiger partial charge in [0.2, 0.25) is 5.91 Å². The van der Waals surface area contributed by atoms with Gasteiger partial charge >= 0.3 is 0 Å². The highest BCUT2D eigenvalue weighted by Gasteiger charge is 2.07. The van der Waals surface area contributed by atoms with Gasteiger partial charge in [-0.2, -0.15) is 0 Å². The Labute approximate surface area is 155 Å². The molecule has 3 aromatic rings. The molecule has 27 heavy (non-hydrogen) atoms. The summed E-state index contributed by atoms with van der Waals surface area (Å²) in [5, 5.41) is 8.48. The Morgan fingerprint density at radius 2 is 1.59 bits per heavy atom. The molecular formula is C20H17FN4O2. The van der Waals surface area contributed by atoms with Gasteiger partial charge in [-0.1, -0.05) is 6.07 Å². The van der Waals surface area contributed by atoms with Crippen LogP contribution in [0.5, 0.6) is 0 Å². The summed E-state index contributed by atoms with van der Waals surface area (Å²) in [5.41, 5.74) is 2.23. The van der Waals surface area contributed by atoms with Gasteiger partial charge in [0.15, 0.2) is 0 Å². The average molecular weight is 364 g/mol. The maximum Gasteiger partial charge on any atom is 0.255 e. The molecule has 0 unspecified atom stereocenters. The van der Waals surface area contributed by atoms with E-state index < -0.39 is 11.7 Å². The predicted molar refractivity (Wildman–Crippen MR) is 103 cm³/mol. The molecule has 2 amide bonds. The quantitative estimate of drug-likeness (QED) is 0.634. The molecule has 0 aliphatic heterocycles. The van der Waals surface area contributed by atoms with Crippen LogP contribution in [0, 0.1) is 5.82 Å². The molecule has 3 rings (SSSR count). The molecule has 0 atom stereocenters. The van der Waals surface area contributed by atoms with E-state index in [-0.39, 0.29) is 11.5 Å². The minimum absolute atomic E-state index is 0.131. The largest absolute Gasteiger partial charge is 0.340 e. The van der Waals surface area contributed by atoms with Gasteiger partial charge < -0.3 is 16.0 Å². The Hall–Kier alpha value is -3.74. The highest BCUT2D eigenvalue weighted by molar-refractivity contribution is 6.04. The zero-order valence-electron chi connectivity index (χ0n) is 14.5. The molecule has 7 heteroatoms. The summed E-state index contributed by atoms with van der Waals surface area (Å²) in [4.78, 5) is 27.4. The molecule has 0 spiro atoms. The first kappa shape index (κ1) is 18.1. The van der Waals surface area contributed by atoms with Crippen LogP contribution in [0.2, 0.25) is 0 Å². The van der Waals surface area contributed by atoms with Crippen molar-refractivity contribution in [1.82, 2.24) is 4.98 Å². The third-order valence-corrected chi connectivity index (χ3v) is 3.59. The van der Waals surface area contributed by atoms with E-state index in [2.05, 4.69) is 20.9 Å². The first-order chi connectivity index (χ1) is 13.0. The molecule has 0 radical (unpaired) electrons. The van der Waals surface area contributed by atoms with Crippen molar-refractivity contribution in [3.63, 3.8) is 0 Å². The Morgan fingerprint density at radius 3 is 2.22 bits per heavy atom. The summed E-state index contributed by atoms with van der Waals surface area (Å²) in [6.45, 7) is 1.45. The first-order valence-electron chi connectivity index (χ1n) is 8.17. The molecule has 0 saturated heterocycles. The molecule has 0 aliphatic carbocycles. The lowest BCUT2D eigenvalue weighted by Crippen LogP contribution is -2.12. The number of amides is 2. The van der Waals surface area contributed by atoms with Crippen molar-refractivity contribution >= 4 is 34.7 Å². The molecule has 1 aromatic heterocycles. The van der Waals surface area contributed by atoms with Crippen molar-refractivity contribution in [3.8, 4) is 0 Å². The van der Waals surface area contributed by atoms with Crippen molar-refractivity contribution in [1.29, 1.82) is 0 Å². The van der Waals surface area contributed by atoms with Gasteiger partial charge in [0, 0.05) is 23.9 Å². The van der Waals surface area contributed by atoms with Crippen molar-refractivity contribution < 1.29 is 14.0 Å². The molecule has 136 valence electrons. The zero-order valence-corrected chi connectivity index (χ0v) is 14.5. The van der Waals surface area contributed by atoms with Gasteiger partial charge in [-0.05, 0) is 54.6 Å². The maximum atomic E-state index is 13.2. The second-order valence-electron chi connectivity index (χ2n) is 5.78. The molecule has 0 aliphatic rings. The molecule has 0 fully saturated rings. The van der Waals surface area contributed by atoms with Crippen molar-refractivity contribution in [2.45, 2.75) is 6.92 Å². The van der Waals surface area contributed by atoms with Crippen LogP contribution in [0.4, 0.5) is 27.3 Å². The van der Waals surface area contributed by atoms with Gasteiger partial charge in [0.05, 0.1) is 11.9 Å². The highest BCUT2D eigenvalue weighted by Crippen LogP contribution is 2.19. The zero-order chi connectivity index (χ0) is 19.2. The second-order valence-corrected chi connectivity index (χ2v) is 5.78. The minimum Gasteiger partial charge on any atom is -0.340 e. The van der Waals surface area contributed by atoms with Gasteiger partial charge in [-0.3, -0.25) is 9.59 Å². The summed E-state index contributed by atoms with van der Waals surface area (Å²) >= 11 is 0. The predicted octanol–water partition coefficient (Wildman–Crippen LogP) is 4.18. The number of pyridine rings is 1. The number of nitrogens with one attached hydrogen (secondary N) is 3. The summed E-state index contributed by atoms with van der Waals surface area (Å²) in [6.07, 6.45) is 1.51. The van der Waals surface area contributed by atoms with Crippen molar-refractivity contribution in [2.75, 3.05) is 16.0 Å². The average Bonchev–Trinajstić information content (AvgIpc) is 2.64. The normalized spacial score (nSPS) is 10.1. The van der Waals surface area contributed by atoms with Crippen LogP contribution in [0.3, 0.4) is 0 Å². The fourth-order valence-electron chi connectivity index (χ4n) is 2.36. The van der Waals surface area contributed by atoms with E-state index in [1.165, 1.54) is 37.4 Å². The van der Waals surface area contributed by atoms with E-state index in [1.54, 1.807) is 24.3 Å². The van der Waals surface area contributed by atoms with E-state index in [0.717, 1.165) is 5.69 Å². The molecular weight excluding hydrogens is 347 g/mol. The van der Waals surface area contributed by atoms with Crippen molar-refractivity contribution in [3.05, 3.63) is 78.2 Å². The smallest absolute Gasteiger partial charge is 0.255 e. The van der Waals surface area contributed by atoms with Crippen molar-refractivity contribution in [2.24, 2.45) is 0 Å². The van der Waals surface area contributed by atoms with Gasteiger partial charge in [-0.15, -0.1) is 0 Å². The fraction of sp³-hybridized carbons (Fsp3) is 0.0500. The Kier molecular flexibility index (Phi) is 5.41. The summed E-state index contributed by atoms with van der Waals surface area (Å²) in [7, 11) is 0. The lowest BCUT2D eigenvalue weighted by Gasteiger charge is -2.09. The maximum absolute atomic E-state index is 13.2. The van der Waals surface area contributed by atoms with Crippen LogP contribution in [-0.2, 0) is 4.79 Å². The minimum atomic E-state index is -0.468. The van der Waals surface area contributed by atoms with Gasteiger partial charge in [0.25, 0.3) is 5.91 Å². The summed E-state index contributed by atoms with van der Waals surface area (Å²) in [5.74, 6) is -0.422. The number of anilines is 4. The molecule has 0 bridgehead atoms. The van der Waals surface area contributed by atoms with Crippen LogP contribution in [0.1, 0.15) is 17.3 Å². The Morgan fingerprint density at radius 1 is 0.889 bits per heavy atom. The van der Waals surface area contributed by atoms with E-state index in [0.29, 0.717) is 17.2 Å². The number of halogens is 1. The first-order valence-corrected chi connectivity index (χ1v) is 8.17. The lowest BCUT2D eigenvalue weighted by atomic mass is 10.2. The van der Waals surface area contributed by atoms with Crippen LogP contribution in [0.25, 0.3) is 0 Å². The monoisotopic (exact) mass is 364 g/mol. The molecule has 1 heterocycles. The third-order valence-electron chi connectivity index (χ3n) is 3.59. The summed E-state index contributed by atoms with van der Waals surface area (Å²) in [6, 6.07) is 16.0. The number of carbonyl (C=O) groups excluding carboxylic acids is 2. The van der Waals surface area contributed by atoms with Crippen LogP contribution in [0.15, 0.2) is 66.9 Å². The molecule has 3 N–H and O–H groups in total. The topological polar surface area (TPSA) is 83.1 Å².